The van der Waals surface area contributed by atoms with Gasteiger partial charge < -0.3 is 9.73 Å². The number of aryl methyl sites for hydroxylation is 1. The van der Waals surface area contributed by atoms with Crippen LogP contribution in [-0.2, 0) is 14.8 Å². The summed E-state index contributed by atoms with van der Waals surface area (Å²) >= 11 is 0. The van der Waals surface area contributed by atoms with E-state index in [0.29, 0.717) is 28.4 Å². The van der Waals surface area contributed by atoms with Crippen molar-refractivity contribution < 1.29 is 17.6 Å². The van der Waals surface area contributed by atoms with E-state index in [1.54, 1.807) is 43.3 Å². The third-order valence-corrected chi connectivity index (χ3v) is 6.01. The zero-order chi connectivity index (χ0) is 21.0. The Labute approximate surface area is 169 Å². The third-order valence-electron chi connectivity index (χ3n) is 4.22. The van der Waals surface area contributed by atoms with Crippen LogP contribution in [0.4, 0.5) is 5.69 Å². The number of aromatic nitrogens is 1. The first-order valence-corrected chi connectivity index (χ1v) is 10.1. The Hall–Kier alpha value is -3.57. The Bertz CT molecular complexity index is 1180. The number of oxazole rings is 1. The largest absolute Gasteiger partial charge is 0.449 e. The Morgan fingerprint density at radius 1 is 1.24 bits per heavy atom. The zero-order valence-electron chi connectivity index (χ0n) is 15.9. The van der Waals surface area contributed by atoms with E-state index < -0.39 is 15.9 Å². The van der Waals surface area contributed by atoms with Crippen molar-refractivity contribution in [2.45, 2.75) is 11.8 Å². The standard InChI is InChI=1S/C21H19N3O4S/c1-4-16-6-5-7-18(12-16)24(13-21(25)22-3)29(26,27)19-10-8-17(9-11-19)20-14-28-15(2)23-20/h1,5-12,14H,13H2,2-3H3,(H,22,25). The SMILES string of the molecule is C#Cc1cccc(N(CC(=O)NC)S(=O)(=O)c2ccc(-c3coc(C)n3)cc2)c1. The molecule has 0 fully saturated rings. The molecule has 0 aliphatic heterocycles. The van der Waals surface area contributed by atoms with Crippen LogP contribution in [0, 0.1) is 19.3 Å². The Balaban J connectivity index is 2.01. The molecular weight excluding hydrogens is 390 g/mol. The molecule has 0 radical (unpaired) electrons. The second kappa shape index (κ2) is 8.20. The highest BCUT2D eigenvalue weighted by Gasteiger charge is 2.27. The average Bonchev–Trinajstić information content (AvgIpc) is 3.18. The third kappa shape index (κ3) is 4.31. The normalized spacial score (nSPS) is 10.9. The van der Waals surface area contributed by atoms with Gasteiger partial charge >= 0.3 is 0 Å². The van der Waals surface area contributed by atoms with Gasteiger partial charge in [-0.1, -0.05) is 24.1 Å². The van der Waals surface area contributed by atoms with E-state index in [2.05, 4.69) is 16.2 Å². The smallest absolute Gasteiger partial charge is 0.264 e. The molecule has 0 atom stereocenters. The van der Waals surface area contributed by atoms with Crippen molar-refractivity contribution in [3.05, 3.63) is 66.2 Å². The summed E-state index contributed by atoms with van der Waals surface area (Å²) in [5, 5.41) is 2.45. The van der Waals surface area contributed by atoms with Crippen molar-refractivity contribution in [1.82, 2.24) is 10.3 Å². The molecule has 148 valence electrons. The number of carbonyl (C=O) groups excluding carboxylic acids is 1. The number of sulfonamides is 1. The molecule has 8 heteroatoms. The molecule has 3 aromatic rings. The van der Waals surface area contributed by atoms with Crippen LogP contribution in [-0.4, -0.2) is 32.9 Å². The van der Waals surface area contributed by atoms with Gasteiger partial charge in [-0.05, 0) is 30.3 Å². The molecule has 0 aliphatic carbocycles. The molecule has 1 heterocycles. The van der Waals surface area contributed by atoms with Crippen molar-refractivity contribution in [1.29, 1.82) is 0 Å². The van der Waals surface area contributed by atoms with Gasteiger partial charge in [0.2, 0.25) is 5.91 Å². The van der Waals surface area contributed by atoms with Crippen LogP contribution in [0.1, 0.15) is 11.5 Å². The molecule has 0 saturated heterocycles. The number of amides is 1. The maximum absolute atomic E-state index is 13.3. The van der Waals surface area contributed by atoms with Crippen molar-refractivity contribution in [3.63, 3.8) is 0 Å². The average molecular weight is 409 g/mol. The van der Waals surface area contributed by atoms with Crippen LogP contribution in [0.25, 0.3) is 11.3 Å². The number of terminal acetylenes is 1. The lowest BCUT2D eigenvalue weighted by Crippen LogP contribution is -2.39. The number of likely N-dealkylation sites (N-methyl/N-ethyl adjacent to an activating group) is 1. The zero-order valence-corrected chi connectivity index (χ0v) is 16.7. The summed E-state index contributed by atoms with van der Waals surface area (Å²) in [7, 11) is -2.57. The van der Waals surface area contributed by atoms with Gasteiger partial charge in [-0.15, -0.1) is 6.42 Å². The van der Waals surface area contributed by atoms with Gasteiger partial charge in [-0.25, -0.2) is 13.4 Å². The fraction of sp³-hybridized carbons (Fsp3) is 0.143. The number of hydrogen-bond donors (Lipinski definition) is 1. The number of carbonyl (C=O) groups is 1. The van der Waals surface area contributed by atoms with Crippen molar-refractivity contribution in [2.75, 3.05) is 17.9 Å². The Morgan fingerprint density at radius 2 is 1.97 bits per heavy atom. The molecule has 2 aromatic carbocycles. The van der Waals surface area contributed by atoms with Crippen LogP contribution in [0.5, 0.6) is 0 Å². The summed E-state index contributed by atoms with van der Waals surface area (Å²) in [6.45, 7) is 1.35. The first-order valence-electron chi connectivity index (χ1n) is 8.67. The minimum absolute atomic E-state index is 0.0384. The van der Waals surface area contributed by atoms with Gasteiger partial charge in [0.25, 0.3) is 10.0 Å². The van der Waals surface area contributed by atoms with Crippen LogP contribution in [0.2, 0.25) is 0 Å². The van der Waals surface area contributed by atoms with Gasteiger partial charge in [0, 0.05) is 25.1 Å². The van der Waals surface area contributed by atoms with Crippen LogP contribution in [0.15, 0.2) is 64.1 Å². The second-order valence-corrected chi connectivity index (χ2v) is 8.02. The molecule has 1 N–H and O–H groups in total. The van der Waals surface area contributed by atoms with Crippen LogP contribution >= 0.6 is 0 Å². The number of rotatable bonds is 6. The Kier molecular flexibility index (Phi) is 5.71. The predicted molar refractivity (Wildman–Crippen MR) is 110 cm³/mol. The summed E-state index contributed by atoms with van der Waals surface area (Å²) in [6.07, 6.45) is 6.93. The van der Waals surface area contributed by atoms with E-state index in [1.807, 2.05) is 0 Å². The van der Waals surface area contributed by atoms with Gasteiger partial charge in [0.05, 0.1) is 10.6 Å². The molecular formula is C21H19N3O4S. The molecule has 0 aliphatic rings. The highest BCUT2D eigenvalue weighted by Crippen LogP contribution is 2.26. The minimum Gasteiger partial charge on any atom is -0.449 e. The monoisotopic (exact) mass is 409 g/mol. The summed E-state index contributed by atoms with van der Waals surface area (Å²) < 4.78 is 32.8. The molecule has 0 bridgehead atoms. The summed E-state index contributed by atoms with van der Waals surface area (Å²) in [5.74, 6) is 2.54. The first kappa shape index (κ1) is 20.2. The van der Waals surface area contributed by atoms with E-state index >= 15 is 0 Å². The summed E-state index contributed by atoms with van der Waals surface area (Å²) in [6, 6.07) is 12.7. The lowest BCUT2D eigenvalue weighted by atomic mass is 10.2. The van der Waals surface area contributed by atoms with Gasteiger partial charge in [-0.3, -0.25) is 9.10 Å². The van der Waals surface area contributed by atoms with Crippen molar-refractivity contribution in [2.24, 2.45) is 0 Å². The molecule has 3 rings (SSSR count). The van der Waals surface area contributed by atoms with Crippen LogP contribution < -0.4 is 9.62 Å². The van der Waals surface area contributed by atoms with E-state index in [1.165, 1.54) is 25.4 Å². The van der Waals surface area contributed by atoms with E-state index in [9.17, 15) is 13.2 Å². The fourth-order valence-corrected chi connectivity index (χ4v) is 4.11. The molecule has 7 nitrogen and oxygen atoms in total. The van der Waals surface area contributed by atoms with Crippen LogP contribution in [0.3, 0.4) is 0 Å². The molecule has 0 spiro atoms. The molecule has 1 aromatic heterocycles. The molecule has 0 saturated carbocycles. The van der Waals surface area contributed by atoms with E-state index in [-0.39, 0.29) is 11.4 Å². The van der Waals surface area contributed by atoms with E-state index in [0.717, 1.165) is 4.31 Å². The van der Waals surface area contributed by atoms with Gasteiger partial charge in [0.15, 0.2) is 5.89 Å². The number of nitrogens with one attached hydrogen (secondary N) is 1. The second-order valence-electron chi connectivity index (χ2n) is 6.16. The number of anilines is 1. The van der Waals surface area contributed by atoms with Crippen molar-refractivity contribution >= 4 is 21.6 Å². The summed E-state index contributed by atoms with van der Waals surface area (Å²) in [5.41, 5.74) is 2.14. The summed E-state index contributed by atoms with van der Waals surface area (Å²) in [4.78, 5) is 16.3. The topological polar surface area (TPSA) is 92.5 Å². The highest BCUT2D eigenvalue weighted by atomic mass is 32.2. The minimum atomic E-state index is -4.02. The maximum Gasteiger partial charge on any atom is 0.264 e. The number of benzene rings is 2. The fourth-order valence-electron chi connectivity index (χ4n) is 2.70. The molecule has 0 unspecified atom stereocenters. The van der Waals surface area contributed by atoms with Gasteiger partial charge in [-0.2, -0.15) is 0 Å². The maximum atomic E-state index is 13.3. The Morgan fingerprint density at radius 3 is 2.55 bits per heavy atom. The van der Waals surface area contributed by atoms with Gasteiger partial charge in [0.1, 0.15) is 18.5 Å². The first-order chi connectivity index (χ1) is 13.8. The lowest BCUT2D eigenvalue weighted by Gasteiger charge is -2.24. The molecule has 29 heavy (non-hydrogen) atoms. The number of hydrogen-bond acceptors (Lipinski definition) is 5. The predicted octanol–water partition coefficient (Wildman–Crippen LogP) is 2.57. The molecule has 1 amide bonds. The van der Waals surface area contributed by atoms with Crippen molar-refractivity contribution in [3.8, 4) is 23.6 Å². The van der Waals surface area contributed by atoms with E-state index in [4.69, 9.17) is 10.8 Å². The quantitative estimate of drug-likeness (QED) is 0.632. The number of nitrogens with zero attached hydrogens (tertiary/aromatic N) is 2. The lowest BCUT2D eigenvalue weighted by molar-refractivity contribution is -0.119. The highest BCUT2D eigenvalue weighted by molar-refractivity contribution is 7.92.